The number of likely N-dealkylation sites (N-methyl/N-ethyl adjacent to an activating group) is 1. The van der Waals surface area contributed by atoms with Crippen molar-refractivity contribution in [3.8, 4) is 0 Å². The molecule has 0 aliphatic heterocycles. The molecule has 102 valence electrons. The van der Waals surface area contributed by atoms with E-state index in [0.29, 0.717) is 13.2 Å². The Balaban J connectivity index is 2.56. The fourth-order valence-electron chi connectivity index (χ4n) is 1.85. The molecule has 3 nitrogen and oxygen atoms in total. The summed E-state index contributed by atoms with van der Waals surface area (Å²) in [6.45, 7) is 10.00. The van der Waals surface area contributed by atoms with Crippen LogP contribution in [-0.2, 0) is 4.74 Å². The van der Waals surface area contributed by atoms with Crippen molar-refractivity contribution in [1.29, 1.82) is 0 Å². The van der Waals surface area contributed by atoms with Gasteiger partial charge in [-0.05, 0) is 45.4 Å². The van der Waals surface area contributed by atoms with Gasteiger partial charge in [0.2, 0.25) is 0 Å². The number of benzene rings is 1. The maximum Gasteiger partial charge on any atom is 0.0948 e. The summed E-state index contributed by atoms with van der Waals surface area (Å²) in [6.07, 6.45) is -0.290. The van der Waals surface area contributed by atoms with E-state index >= 15 is 0 Å². The van der Waals surface area contributed by atoms with E-state index in [1.165, 1.54) is 5.56 Å². The van der Waals surface area contributed by atoms with Crippen LogP contribution in [0.5, 0.6) is 0 Å². The maximum absolute atomic E-state index is 9.96. The second-order valence-corrected chi connectivity index (χ2v) is 4.91. The van der Waals surface area contributed by atoms with Gasteiger partial charge in [-0.2, -0.15) is 0 Å². The molecule has 0 aromatic heterocycles. The molecular weight excluding hydrogens is 226 g/mol. The second-order valence-electron chi connectivity index (χ2n) is 4.91. The van der Waals surface area contributed by atoms with Gasteiger partial charge in [-0.3, -0.25) is 0 Å². The summed E-state index contributed by atoms with van der Waals surface area (Å²) in [6, 6.07) is 8.34. The Labute approximate surface area is 110 Å². The number of aliphatic hydroxyl groups excluding tert-OH is 1. The summed E-state index contributed by atoms with van der Waals surface area (Å²) in [7, 11) is 0. The molecule has 0 radical (unpaired) electrons. The smallest absolute Gasteiger partial charge is 0.0948 e. The molecule has 0 heterocycles. The van der Waals surface area contributed by atoms with Crippen molar-refractivity contribution in [1.82, 2.24) is 0 Å². The first-order chi connectivity index (χ1) is 8.52. The topological polar surface area (TPSA) is 32.7 Å². The van der Waals surface area contributed by atoms with Gasteiger partial charge in [0.15, 0.2) is 0 Å². The summed E-state index contributed by atoms with van der Waals surface area (Å²) < 4.78 is 5.43. The Bertz CT molecular complexity index is 352. The summed E-state index contributed by atoms with van der Waals surface area (Å²) in [4.78, 5) is 2.17. The zero-order valence-corrected chi connectivity index (χ0v) is 11.9. The average Bonchev–Trinajstić information content (AvgIpc) is 2.33. The number of ether oxygens (including phenoxy) is 1. The van der Waals surface area contributed by atoms with Crippen LogP contribution in [-0.4, -0.2) is 37.0 Å². The van der Waals surface area contributed by atoms with Crippen LogP contribution in [0.3, 0.4) is 0 Å². The molecule has 0 saturated carbocycles. The largest absolute Gasteiger partial charge is 0.389 e. The quantitative estimate of drug-likeness (QED) is 0.808. The van der Waals surface area contributed by atoms with Gasteiger partial charge in [0.05, 0.1) is 18.8 Å². The molecule has 0 amide bonds. The van der Waals surface area contributed by atoms with E-state index in [9.17, 15) is 5.11 Å². The molecule has 1 unspecified atom stereocenters. The van der Waals surface area contributed by atoms with E-state index in [0.717, 1.165) is 12.2 Å². The van der Waals surface area contributed by atoms with Crippen LogP contribution >= 0.6 is 0 Å². The van der Waals surface area contributed by atoms with Crippen LogP contribution in [0.15, 0.2) is 24.3 Å². The van der Waals surface area contributed by atoms with Crippen LogP contribution in [0.25, 0.3) is 0 Å². The van der Waals surface area contributed by atoms with E-state index in [2.05, 4.69) is 36.9 Å². The molecule has 0 saturated heterocycles. The standard InChI is InChI=1S/C15H25NO2/c1-5-16(10-15(17)11-18-12(2)3)14-8-6-7-13(4)9-14/h6-9,12,15,17H,5,10-11H2,1-4H3. The third kappa shape index (κ3) is 5.07. The fraction of sp³-hybridized carbons (Fsp3) is 0.600. The van der Waals surface area contributed by atoms with Gasteiger partial charge < -0.3 is 14.7 Å². The fourth-order valence-corrected chi connectivity index (χ4v) is 1.85. The van der Waals surface area contributed by atoms with Crippen molar-refractivity contribution >= 4 is 5.69 Å². The van der Waals surface area contributed by atoms with Gasteiger partial charge in [-0.15, -0.1) is 0 Å². The third-order valence-electron chi connectivity index (χ3n) is 2.80. The molecular formula is C15H25NO2. The summed E-state index contributed by atoms with van der Waals surface area (Å²) in [5.74, 6) is 0. The third-order valence-corrected chi connectivity index (χ3v) is 2.80. The minimum atomic E-state index is -0.451. The number of hydrogen-bond acceptors (Lipinski definition) is 3. The minimum Gasteiger partial charge on any atom is -0.389 e. The molecule has 1 aromatic carbocycles. The molecule has 0 fully saturated rings. The molecule has 0 aliphatic carbocycles. The van der Waals surface area contributed by atoms with Crippen molar-refractivity contribution in [2.24, 2.45) is 0 Å². The van der Waals surface area contributed by atoms with Gasteiger partial charge in [0.1, 0.15) is 0 Å². The van der Waals surface area contributed by atoms with Crippen LogP contribution in [0, 0.1) is 6.92 Å². The summed E-state index contributed by atoms with van der Waals surface area (Å²) in [5.41, 5.74) is 2.39. The van der Waals surface area contributed by atoms with Crippen molar-refractivity contribution < 1.29 is 9.84 Å². The Hall–Kier alpha value is -1.06. The number of anilines is 1. The molecule has 1 atom stereocenters. The number of nitrogens with zero attached hydrogens (tertiary/aromatic N) is 1. The van der Waals surface area contributed by atoms with Crippen molar-refractivity contribution in [3.63, 3.8) is 0 Å². The monoisotopic (exact) mass is 251 g/mol. The number of hydrogen-bond donors (Lipinski definition) is 1. The van der Waals surface area contributed by atoms with E-state index in [4.69, 9.17) is 4.74 Å². The highest BCUT2D eigenvalue weighted by atomic mass is 16.5. The Morgan fingerprint density at radius 2 is 2.06 bits per heavy atom. The van der Waals surface area contributed by atoms with Crippen molar-refractivity contribution in [2.75, 3.05) is 24.6 Å². The van der Waals surface area contributed by atoms with Crippen molar-refractivity contribution in [3.05, 3.63) is 29.8 Å². The van der Waals surface area contributed by atoms with E-state index in [1.807, 2.05) is 19.9 Å². The van der Waals surface area contributed by atoms with Gasteiger partial charge in [0, 0.05) is 18.8 Å². The highest BCUT2D eigenvalue weighted by Crippen LogP contribution is 2.16. The van der Waals surface area contributed by atoms with Gasteiger partial charge >= 0.3 is 0 Å². The van der Waals surface area contributed by atoms with E-state index < -0.39 is 6.10 Å². The lowest BCUT2D eigenvalue weighted by molar-refractivity contribution is 0.00897. The summed E-state index contributed by atoms with van der Waals surface area (Å²) >= 11 is 0. The maximum atomic E-state index is 9.96. The first-order valence-corrected chi connectivity index (χ1v) is 6.64. The Morgan fingerprint density at radius 3 is 2.61 bits per heavy atom. The molecule has 1 N–H and O–H groups in total. The average molecular weight is 251 g/mol. The van der Waals surface area contributed by atoms with Gasteiger partial charge in [0.25, 0.3) is 0 Å². The van der Waals surface area contributed by atoms with Gasteiger partial charge in [-0.25, -0.2) is 0 Å². The number of rotatable bonds is 7. The lowest BCUT2D eigenvalue weighted by Gasteiger charge is -2.26. The normalized spacial score (nSPS) is 12.8. The highest BCUT2D eigenvalue weighted by Gasteiger charge is 2.12. The molecule has 1 rings (SSSR count). The Morgan fingerprint density at radius 1 is 1.33 bits per heavy atom. The molecule has 0 spiro atoms. The van der Waals surface area contributed by atoms with Gasteiger partial charge in [-0.1, -0.05) is 12.1 Å². The summed E-state index contributed by atoms with van der Waals surface area (Å²) in [5, 5.41) is 9.96. The van der Waals surface area contributed by atoms with Crippen LogP contribution in [0.2, 0.25) is 0 Å². The number of aryl methyl sites for hydroxylation is 1. The molecule has 3 heteroatoms. The second kappa shape index (κ2) is 7.39. The van der Waals surface area contributed by atoms with Crippen LogP contribution in [0.4, 0.5) is 5.69 Å². The number of aliphatic hydroxyl groups is 1. The molecule has 0 aliphatic rings. The van der Waals surface area contributed by atoms with Crippen LogP contribution < -0.4 is 4.90 Å². The zero-order chi connectivity index (χ0) is 13.5. The molecule has 0 bridgehead atoms. The van der Waals surface area contributed by atoms with Crippen LogP contribution in [0.1, 0.15) is 26.3 Å². The minimum absolute atomic E-state index is 0.161. The predicted octanol–water partition coefficient (Wildman–Crippen LogP) is 2.61. The van der Waals surface area contributed by atoms with Crippen molar-refractivity contribution in [2.45, 2.75) is 39.9 Å². The molecule has 18 heavy (non-hydrogen) atoms. The van der Waals surface area contributed by atoms with E-state index in [1.54, 1.807) is 0 Å². The SMILES string of the molecule is CCN(CC(O)COC(C)C)c1cccc(C)c1. The zero-order valence-electron chi connectivity index (χ0n) is 11.9. The highest BCUT2D eigenvalue weighted by molar-refractivity contribution is 5.48. The predicted molar refractivity (Wildman–Crippen MR) is 76.2 cm³/mol. The first-order valence-electron chi connectivity index (χ1n) is 6.64. The first kappa shape index (κ1) is 15.0. The molecule has 1 aromatic rings. The Kier molecular flexibility index (Phi) is 6.16. The lowest BCUT2D eigenvalue weighted by atomic mass is 10.2. The van der Waals surface area contributed by atoms with E-state index in [-0.39, 0.29) is 6.10 Å². The lowest BCUT2D eigenvalue weighted by Crippen LogP contribution is -2.35.